The molecule has 1 heterocycles. The lowest BCUT2D eigenvalue weighted by Crippen LogP contribution is -2.02. The molecule has 0 aliphatic carbocycles. The van der Waals surface area contributed by atoms with Crippen molar-refractivity contribution in [1.82, 2.24) is 4.57 Å². The van der Waals surface area contributed by atoms with Crippen LogP contribution in [0.25, 0.3) is 16.5 Å². The molecule has 19 heavy (non-hydrogen) atoms. The maximum Gasteiger partial charge on any atom is 0.0533 e. The zero-order valence-corrected chi connectivity index (χ0v) is 11.4. The number of aryl methyl sites for hydroxylation is 1. The number of fused-ring (bicyclic) bond motifs is 1. The van der Waals surface area contributed by atoms with Crippen molar-refractivity contribution < 1.29 is 0 Å². The fourth-order valence-corrected chi connectivity index (χ4v) is 2.81. The number of rotatable bonds is 2. The van der Waals surface area contributed by atoms with Gasteiger partial charge in [0.1, 0.15) is 0 Å². The van der Waals surface area contributed by atoms with Gasteiger partial charge in [0.05, 0.1) is 5.69 Å². The number of benzene rings is 2. The van der Waals surface area contributed by atoms with Crippen molar-refractivity contribution in [3.8, 4) is 5.69 Å². The van der Waals surface area contributed by atoms with Crippen LogP contribution in [0.2, 0.25) is 0 Å². The van der Waals surface area contributed by atoms with Crippen LogP contribution in [0.4, 0.5) is 0 Å². The minimum absolute atomic E-state index is 0.588. The Morgan fingerprint density at radius 1 is 1.00 bits per heavy atom. The first kappa shape index (κ1) is 12.0. The molecule has 0 unspecified atom stereocenters. The minimum Gasteiger partial charge on any atom is -0.326 e. The first-order valence-corrected chi connectivity index (χ1v) is 6.58. The van der Waals surface area contributed by atoms with Crippen LogP contribution in [0.15, 0.2) is 48.5 Å². The summed E-state index contributed by atoms with van der Waals surface area (Å²) in [5, 5.41) is 2.54. The Morgan fingerprint density at radius 2 is 1.74 bits per heavy atom. The van der Waals surface area contributed by atoms with E-state index in [1.165, 1.54) is 33.4 Å². The van der Waals surface area contributed by atoms with Crippen LogP contribution in [0, 0.1) is 13.8 Å². The Kier molecular flexibility index (Phi) is 2.88. The zero-order valence-electron chi connectivity index (χ0n) is 11.4. The lowest BCUT2D eigenvalue weighted by molar-refractivity contribution is 0.950. The van der Waals surface area contributed by atoms with Crippen LogP contribution < -0.4 is 5.73 Å². The highest BCUT2D eigenvalue weighted by molar-refractivity contribution is 5.90. The van der Waals surface area contributed by atoms with Gasteiger partial charge in [-0.05, 0) is 36.9 Å². The highest BCUT2D eigenvalue weighted by Crippen LogP contribution is 2.27. The van der Waals surface area contributed by atoms with E-state index in [1.54, 1.807) is 0 Å². The van der Waals surface area contributed by atoms with Gasteiger partial charge in [-0.1, -0.05) is 36.4 Å². The maximum atomic E-state index is 5.81. The van der Waals surface area contributed by atoms with E-state index in [4.69, 9.17) is 5.73 Å². The predicted molar refractivity (Wildman–Crippen MR) is 80.6 cm³/mol. The average Bonchev–Trinajstić information content (AvgIpc) is 2.73. The van der Waals surface area contributed by atoms with Gasteiger partial charge in [0, 0.05) is 23.3 Å². The molecule has 2 nitrogen and oxygen atoms in total. The Labute approximate surface area is 113 Å². The molecular weight excluding hydrogens is 232 g/mol. The largest absolute Gasteiger partial charge is 0.326 e. The van der Waals surface area contributed by atoms with Crippen molar-refractivity contribution >= 4 is 10.8 Å². The van der Waals surface area contributed by atoms with Crippen molar-refractivity contribution in [3.05, 3.63) is 65.5 Å². The smallest absolute Gasteiger partial charge is 0.0533 e. The number of aromatic nitrogens is 1. The van der Waals surface area contributed by atoms with E-state index in [1.807, 2.05) is 0 Å². The molecule has 0 fully saturated rings. The molecule has 0 bridgehead atoms. The summed E-state index contributed by atoms with van der Waals surface area (Å²) in [4.78, 5) is 0. The quantitative estimate of drug-likeness (QED) is 0.738. The summed E-state index contributed by atoms with van der Waals surface area (Å²) < 4.78 is 2.30. The summed E-state index contributed by atoms with van der Waals surface area (Å²) in [6.07, 6.45) is 0. The highest BCUT2D eigenvalue weighted by Gasteiger charge is 2.11. The fourth-order valence-electron chi connectivity index (χ4n) is 2.81. The first-order valence-electron chi connectivity index (χ1n) is 6.58. The molecule has 0 saturated heterocycles. The van der Waals surface area contributed by atoms with E-state index in [2.05, 4.69) is 66.9 Å². The van der Waals surface area contributed by atoms with E-state index in [9.17, 15) is 0 Å². The van der Waals surface area contributed by atoms with E-state index in [0.717, 1.165) is 0 Å². The summed E-state index contributed by atoms with van der Waals surface area (Å²) in [7, 11) is 0. The van der Waals surface area contributed by atoms with Gasteiger partial charge in [-0.3, -0.25) is 0 Å². The second-order valence-electron chi connectivity index (χ2n) is 4.93. The molecule has 0 aliphatic rings. The Morgan fingerprint density at radius 3 is 2.47 bits per heavy atom. The van der Waals surface area contributed by atoms with Gasteiger partial charge in [-0.25, -0.2) is 0 Å². The molecule has 0 amide bonds. The molecule has 2 aromatic carbocycles. The molecule has 3 aromatic rings. The topological polar surface area (TPSA) is 30.9 Å². The fraction of sp³-hybridized carbons (Fsp3) is 0.176. The normalized spacial score (nSPS) is 11.1. The van der Waals surface area contributed by atoms with Crippen LogP contribution in [0.1, 0.15) is 17.0 Å². The van der Waals surface area contributed by atoms with Crippen molar-refractivity contribution in [2.24, 2.45) is 5.73 Å². The third kappa shape index (κ3) is 1.85. The van der Waals surface area contributed by atoms with E-state index < -0.39 is 0 Å². The zero-order chi connectivity index (χ0) is 13.4. The van der Waals surface area contributed by atoms with Gasteiger partial charge < -0.3 is 10.3 Å². The van der Waals surface area contributed by atoms with Gasteiger partial charge in [-0.2, -0.15) is 0 Å². The molecule has 2 N–H and O–H groups in total. The summed E-state index contributed by atoms with van der Waals surface area (Å²) in [5.74, 6) is 0. The summed E-state index contributed by atoms with van der Waals surface area (Å²) >= 11 is 0. The molecule has 0 radical (unpaired) electrons. The monoisotopic (exact) mass is 250 g/mol. The van der Waals surface area contributed by atoms with Gasteiger partial charge in [0.2, 0.25) is 0 Å². The minimum atomic E-state index is 0.588. The summed E-state index contributed by atoms with van der Waals surface area (Å²) in [6.45, 7) is 4.86. The summed E-state index contributed by atoms with van der Waals surface area (Å²) in [6, 6.07) is 17.1. The van der Waals surface area contributed by atoms with Gasteiger partial charge in [0.25, 0.3) is 0 Å². The van der Waals surface area contributed by atoms with Gasteiger partial charge in [-0.15, -0.1) is 0 Å². The standard InChI is InChI=1S/C17H18N2/c1-12-10-15(11-18)13(2)19(12)17-9-5-7-14-6-3-4-8-16(14)17/h3-10H,11,18H2,1-2H3. The van der Waals surface area contributed by atoms with Crippen LogP contribution in [-0.4, -0.2) is 4.57 Å². The second-order valence-corrected chi connectivity index (χ2v) is 4.93. The lowest BCUT2D eigenvalue weighted by atomic mass is 10.1. The average molecular weight is 250 g/mol. The molecule has 1 aromatic heterocycles. The van der Waals surface area contributed by atoms with Crippen molar-refractivity contribution in [2.45, 2.75) is 20.4 Å². The lowest BCUT2D eigenvalue weighted by Gasteiger charge is -2.13. The van der Waals surface area contributed by atoms with Crippen molar-refractivity contribution in [3.63, 3.8) is 0 Å². The van der Waals surface area contributed by atoms with Crippen LogP contribution in [0.3, 0.4) is 0 Å². The number of nitrogens with zero attached hydrogens (tertiary/aromatic N) is 1. The van der Waals surface area contributed by atoms with E-state index >= 15 is 0 Å². The number of nitrogens with two attached hydrogens (primary N) is 1. The number of hydrogen-bond acceptors (Lipinski definition) is 1. The Balaban J connectivity index is 2.34. The third-order valence-corrected chi connectivity index (χ3v) is 3.76. The van der Waals surface area contributed by atoms with Crippen LogP contribution in [0.5, 0.6) is 0 Å². The van der Waals surface area contributed by atoms with Gasteiger partial charge in [0.15, 0.2) is 0 Å². The molecule has 0 aliphatic heterocycles. The highest BCUT2D eigenvalue weighted by atomic mass is 15.0. The molecule has 3 rings (SSSR count). The third-order valence-electron chi connectivity index (χ3n) is 3.76. The van der Waals surface area contributed by atoms with Crippen molar-refractivity contribution in [2.75, 3.05) is 0 Å². The Bertz CT molecular complexity index is 733. The first-order chi connectivity index (χ1) is 9.22. The molecule has 96 valence electrons. The predicted octanol–water partition coefficient (Wildman–Crippen LogP) is 3.71. The van der Waals surface area contributed by atoms with Crippen LogP contribution >= 0.6 is 0 Å². The van der Waals surface area contributed by atoms with Crippen LogP contribution in [-0.2, 0) is 6.54 Å². The van der Waals surface area contributed by atoms with E-state index in [0.29, 0.717) is 6.54 Å². The SMILES string of the molecule is Cc1cc(CN)c(C)n1-c1cccc2ccccc12. The van der Waals surface area contributed by atoms with E-state index in [-0.39, 0.29) is 0 Å². The molecular formula is C17H18N2. The second kappa shape index (κ2) is 4.56. The molecule has 0 atom stereocenters. The number of hydrogen-bond donors (Lipinski definition) is 1. The molecule has 0 spiro atoms. The van der Waals surface area contributed by atoms with Crippen molar-refractivity contribution in [1.29, 1.82) is 0 Å². The Hall–Kier alpha value is -2.06. The summed E-state index contributed by atoms with van der Waals surface area (Å²) in [5.41, 5.74) is 10.7. The molecule has 2 heteroatoms. The van der Waals surface area contributed by atoms with Gasteiger partial charge >= 0.3 is 0 Å². The molecule has 0 saturated carbocycles. The maximum absolute atomic E-state index is 5.81.